The lowest BCUT2D eigenvalue weighted by molar-refractivity contribution is -0.131. The quantitative estimate of drug-likeness (QED) is 0.579. The van der Waals surface area contributed by atoms with Crippen molar-refractivity contribution >= 4 is 11.8 Å². The van der Waals surface area contributed by atoms with E-state index in [9.17, 15) is 9.59 Å². The Kier molecular flexibility index (Phi) is 2.51. The first kappa shape index (κ1) is 9.86. The molecule has 0 aromatic heterocycles. The van der Waals surface area contributed by atoms with Gasteiger partial charge in [0, 0.05) is 5.56 Å². The summed E-state index contributed by atoms with van der Waals surface area (Å²) in [6, 6.07) is 5.09. The number of carboxylic acids is 1. The van der Waals surface area contributed by atoms with E-state index in [-0.39, 0.29) is 0 Å². The SMILES string of the molecule is O=C(O)C(=O)c1cccc2c1CCOC2. The Morgan fingerprint density at radius 3 is 2.87 bits per heavy atom. The second-order valence-electron chi connectivity index (χ2n) is 3.38. The van der Waals surface area contributed by atoms with E-state index < -0.39 is 11.8 Å². The summed E-state index contributed by atoms with van der Waals surface area (Å²) in [6.07, 6.45) is 0.602. The monoisotopic (exact) mass is 206 g/mol. The molecule has 4 heteroatoms. The van der Waals surface area contributed by atoms with Crippen molar-refractivity contribution in [3.63, 3.8) is 0 Å². The van der Waals surface area contributed by atoms with E-state index in [0.717, 1.165) is 11.1 Å². The lowest BCUT2D eigenvalue weighted by atomic mass is 9.95. The third kappa shape index (κ3) is 1.76. The number of hydrogen-bond donors (Lipinski definition) is 1. The molecule has 1 N–H and O–H groups in total. The Hall–Kier alpha value is -1.68. The van der Waals surface area contributed by atoms with E-state index >= 15 is 0 Å². The lowest BCUT2D eigenvalue weighted by Crippen LogP contribution is -2.19. The number of aliphatic carboxylic acids is 1. The molecule has 2 rings (SSSR count). The van der Waals surface area contributed by atoms with Gasteiger partial charge in [-0.2, -0.15) is 0 Å². The Balaban J connectivity index is 2.48. The maximum Gasteiger partial charge on any atom is 0.377 e. The van der Waals surface area contributed by atoms with Crippen LogP contribution in [0.5, 0.6) is 0 Å². The zero-order chi connectivity index (χ0) is 10.8. The van der Waals surface area contributed by atoms with Crippen LogP contribution in [-0.4, -0.2) is 23.5 Å². The summed E-state index contributed by atoms with van der Waals surface area (Å²) in [5.41, 5.74) is 2.02. The molecule has 0 aliphatic carbocycles. The van der Waals surface area contributed by atoms with Gasteiger partial charge < -0.3 is 9.84 Å². The Labute approximate surface area is 86.5 Å². The standard InChI is InChI=1S/C11H10O4/c12-10(11(13)14)9-3-1-2-7-6-15-5-4-8(7)9/h1-3H,4-6H2,(H,13,14). The average Bonchev–Trinajstić information content (AvgIpc) is 2.27. The molecule has 0 amide bonds. The Morgan fingerprint density at radius 1 is 1.33 bits per heavy atom. The predicted octanol–water partition coefficient (Wildman–Crippen LogP) is 1.03. The van der Waals surface area contributed by atoms with Gasteiger partial charge in [-0.3, -0.25) is 4.79 Å². The van der Waals surface area contributed by atoms with Crippen LogP contribution >= 0.6 is 0 Å². The van der Waals surface area contributed by atoms with Crippen LogP contribution in [-0.2, 0) is 22.6 Å². The predicted molar refractivity (Wildman–Crippen MR) is 51.8 cm³/mol. The molecule has 0 saturated heterocycles. The van der Waals surface area contributed by atoms with Gasteiger partial charge in [-0.15, -0.1) is 0 Å². The number of ketones is 1. The highest BCUT2D eigenvalue weighted by Crippen LogP contribution is 2.21. The van der Waals surface area contributed by atoms with E-state index in [1.807, 2.05) is 6.07 Å². The first-order chi connectivity index (χ1) is 7.20. The van der Waals surface area contributed by atoms with Crippen LogP contribution < -0.4 is 0 Å². The van der Waals surface area contributed by atoms with Crippen LogP contribution in [0.15, 0.2) is 18.2 Å². The molecule has 0 unspecified atom stereocenters. The molecule has 0 saturated carbocycles. The summed E-state index contributed by atoms with van der Waals surface area (Å²) in [4.78, 5) is 22.0. The molecule has 0 radical (unpaired) electrons. The summed E-state index contributed by atoms with van der Waals surface area (Å²) in [6.45, 7) is 0.993. The Morgan fingerprint density at radius 2 is 2.13 bits per heavy atom. The molecule has 15 heavy (non-hydrogen) atoms. The highest BCUT2D eigenvalue weighted by Gasteiger charge is 2.21. The fourth-order valence-corrected chi connectivity index (χ4v) is 1.75. The van der Waals surface area contributed by atoms with Crippen molar-refractivity contribution in [3.05, 3.63) is 34.9 Å². The first-order valence-electron chi connectivity index (χ1n) is 4.66. The van der Waals surface area contributed by atoms with Crippen LogP contribution in [0.2, 0.25) is 0 Å². The van der Waals surface area contributed by atoms with Crippen LogP contribution in [0.25, 0.3) is 0 Å². The van der Waals surface area contributed by atoms with Crippen LogP contribution in [0.3, 0.4) is 0 Å². The minimum absolute atomic E-state index is 0.295. The van der Waals surface area contributed by atoms with Crippen molar-refractivity contribution in [1.29, 1.82) is 0 Å². The number of carbonyl (C=O) groups is 2. The fourth-order valence-electron chi connectivity index (χ4n) is 1.75. The van der Waals surface area contributed by atoms with Crippen molar-refractivity contribution in [3.8, 4) is 0 Å². The largest absolute Gasteiger partial charge is 0.475 e. The molecule has 4 nitrogen and oxygen atoms in total. The third-order valence-electron chi connectivity index (χ3n) is 2.47. The number of carboxylic acid groups (broad SMARTS) is 1. The van der Waals surface area contributed by atoms with E-state index in [2.05, 4.69) is 0 Å². The molecule has 1 aliphatic rings. The second kappa shape index (κ2) is 3.82. The highest BCUT2D eigenvalue weighted by atomic mass is 16.5. The van der Waals surface area contributed by atoms with Gasteiger partial charge in [0.15, 0.2) is 0 Å². The maximum absolute atomic E-state index is 11.4. The van der Waals surface area contributed by atoms with Gasteiger partial charge in [-0.25, -0.2) is 4.79 Å². The highest BCUT2D eigenvalue weighted by molar-refractivity contribution is 6.40. The maximum atomic E-state index is 11.4. The summed E-state index contributed by atoms with van der Waals surface area (Å²) in [5.74, 6) is -2.25. The summed E-state index contributed by atoms with van der Waals surface area (Å²) in [5, 5.41) is 8.66. The molecular formula is C11H10O4. The van der Waals surface area contributed by atoms with Crippen molar-refractivity contribution in [1.82, 2.24) is 0 Å². The molecule has 0 atom stereocenters. The summed E-state index contributed by atoms with van der Waals surface area (Å²) < 4.78 is 5.23. The van der Waals surface area contributed by atoms with E-state index in [0.29, 0.717) is 25.2 Å². The molecule has 0 fully saturated rings. The summed E-state index contributed by atoms with van der Waals surface area (Å²) in [7, 11) is 0. The zero-order valence-corrected chi connectivity index (χ0v) is 8.03. The smallest absolute Gasteiger partial charge is 0.377 e. The molecular weight excluding hydrogens is 196 g/mol. The van der Waals surface area contributed by atoms with Crippen LogP contribution in [0, 0.1) is 0 Å². The van der Waals surface area contributed by atoms with E-state index in [1.165, 1.54) is 0 Å². The number of ether oxygens (including phenoxy) is 1. The van der Waals surface area contributed by atoms with Crippen molar-refractivity contribution < 1.29 is 19.4 Å². The van der Waals surface area contributed by atoms with Gasteiger partial charge >= 0.3 is 5.97 Å². The Bertz CT molecular complexity index is 423. The van der Waals surface area contributed by atoms with Gasteiger partial charge in [0.2, 0.25) is 0 Å². The third-order valence-corrected chi connectivity index (χ3v) is 2.47. The van der Waals surface area contributed by atoms with Gasteiger partial charge in [0.05, 0.1) is 13.2 Å². The number of benzene rings is 1. The number of hydrogen-bond acceptors (Lipinski definition) is 3. The first-order valence-corrected chi connectivity index (χ1v) is 4.66. The molecule has 0 bridgehead atoms. The number of carbonyl (C=O) groups excluding carboxylic acids is 1. The fraction of sp³-hybridized carbons (Fsp3) is 0.273. The number of rotatable bonds is 2. The van der Waals surface area contributed by atoms with Gasteiger partial charge in [0.25, 0.3) is 5.78 Å². The van der Waals surface area contributed by atoms with Crippen molar-refractivity contribution in [2.45, 2.75) is 13.0 Å². The molecule has 1 aliphatic heterocycles. The number of fused-ring (bicyclic) bond motifs is 1. The second-order valence-corrected chi connectivity index (χ2v) is 3.38. The van der Waals surface area contributed by atoms with Crippen molar-refractivity contribution in [2.24, 2.45) is 0 Å². The minimum Gasteiger partial charge on any atom is -0.475 e. The molecule has 1 aromatic rings. The topological polar surface area (TPSA) is 63.6 Å². The van der Waals surface area contributed by atoms with Crippen LogP contribution in [0.4, 0.5) is 0 Å². The van der Waals surface area contributed by atoms with Gasteiger partial charge in [-0.05, 0) is 17.5 Å². The molecule has 0 spiro atoms. The average molecular weight is 206 g/mol. The normalized spacial score (nSPS) is 14.4. The van der Waals surface area contributed by atoms with Crippen molar-refractivity contribution in [2.75, 3.05) is 6.61 Å². The molecule has 78 valence electrons. The van der Waals surface area contributed by atoms with E-state index in [1.54, 1.807) is 12.1 Å². The molecule has 1 aromatic carbocycles. The lowest BCUT2D eigenvalue weighted by Gasteiger charge is -2.18. The molecule has 1 heterocycles. The minimum atomic E-state index is -1.41. The number of Topliss-reactive ketones (excluding diaryl/α,β-unsaturated/α-hetero) is 1. The zero-order valence-electron chi connectivity index (χ0n) is 8.03. The van der Waals surface area contributed by atoms with Gasteiger partial charge in [-0.1, -0.05) is 18.2 Å². The van der Waals surface area contributed by atoms with E-state index in [4.69, 9.17) is 9.84 Å². The van der Waals surface area contributed by atoms with Crippen LogP contribution in [0.1, 0.15) is 21.5 Å². The van der Waals surface area contributed by atoms with Gasteiger partial charge in [0.1, 0.15) is 0 Å². The summed E-state index contributed by atoms with van der Waals surface area (Å²) >= 11 is 0.